The molecule has 11 heavy (non-hydrogen) atoms. The number of hydrogen-bond acceptors (Lipinski definition) is 3. The topological polar surface area (TPSA) is 26.3 Å². The minimum absolute atomic E-state index is 0.000602. The molecule has 2 aliphatic heterocycles. The molecule has 62 valence electrons. The van der Waals surface area contributed by atoms with Gasteiger partial charge in [-0.15, -0.1) is 0 Å². The van der Waals surface area contributed by atoms with Crippen molar-refractivity contribution in [3.63, 3.8) is 0 Å². The Morgan fingerprint density at radius 3 is 2.91 bits per heavy atom. The van der Waals surface area contributed by atoms with Crippen LogP contribution in [0.25, 0.3) is 0 Å². The van der Waals surface area contributed by atoms with Crippen LogP contribution in [0.1, 0.15) is 26.2 Å². The molecule has 0 aliphatic carbocycles. The second kappa shape index (κ2) is 2.41. The molecular weight excluding hydrogens is 160 g/mol. The highest BCUT2D eigenvalue weighted by molar-refractivity contribution is 8.00. The van der Waals surface area contributed by atoms with Crippen LogP contribution < -0.4 is 0 Å². The number of carbonyl (C=O) groups excluding carboxylic acids is 1. The third kappa shape index (κ3) is 1.06. The standard InChI is InChI=1S/C8H12O2S/c1-6-8(4-5-11-6)3-2-7(9)10-8/h6H,2-5H2,1H3. The van der Waals surface area contributed by atoms with Crippen molar-refractivity contribution in [3.05, 3.63) is 0 Å². The van der Waals surface area contributed by atoms with Crippen molar-refractivity contribution in [2.24, 2.45) is 0 Å². The quantitative estimate of drug-likeness (QED) is 0.519. The van der Waals surface area contributed by atoms with Crippen LogP contribution in [0.15, 0.2) is 0 Å². The molecule has 2 fully saturated rings. The molecule has 2 atom stereocenters. The van der Waals surface area contributed by atoms with Gasteiger partial charge in [-0.25, -0.2) is 0 Å². The molecule has 3 heteroatoms. The fourth-order valence-electron chi connectivity index (χ4n) is 1.87. The second-order valence-corrected chi connectivity index (χ2v) is 4.75. The molecule has 2 aliphatic rings. The molecule has 0 saturated carbocycles. The van der Waals surface area contributed by atoms with Crippen LogP contribution in [0.3, 0.4) is 0 Å². The number of carbonyl (C=O) groups is 1. The molecule has 0 radical (unpaired) electrons. The van der Waals surface area contributed by atoms with Crippen molar-refractivity contribution >= 4 is 17.7 Å². The monoisotopic (exact) mass is 172 g/mol. The summed E-state index contributed by atoms with van der Waals surface area (Å²) in [5, 5.41) is 0.508. The van der Waals surface area contributed by atoms with E-state index in [0.29, 0.717) is 11.7 Å². The number of hydrogen-bond donors (Lipinski definition) is 0. The first-order chi connectivity index (χ1) is 5.23. The van der Waals surface area contributed by atoms with Crippen molar-refractivity contribution < 1.29 is 9.53 Å². The minimum Gasteiger partial charge on any atom is -0.458 e. The summed E-state index contributed by atoms with van der Waals surface area (Å²) < 4.78 is 5.36. The fraction of sp³-hybridized carbons (Fsp3) is 0.875. The molecule has 0 N–H and O–H groups in total. The van der Waals surface area contributed by atoms with Gasteiger partial charge in [0.2, 0.25) is 0 Å². The van der Waals surface area contributed by atoms with E-state index in [4.69, 9.17) is 4.74 Å². The van der Waals surface area contributed by atoms with Crippen molar-refractivity contribution in [1.82, 2.24) is 0 Å². The highest BCUT2D eigenvalue weighted by Gasteiger charge is 2.48. The van der Waals surface area contributed by atoms with Crippen LogP contribution in [-0.2, 0) is 9.53 Å². The molecule has 2 unspecified atom stereocenters. The Balaban J connectivity index is 2.16. The van der Waals surface area contributed by atoms with E-state index in [9.17, 15) is 4.79 Å². The average Bonchev–Trinajstić information content (AvgIpc) is 2.46. The summed E-state index contributed by atoms with van der Waals surface area (Å²) in [6, 6.07) is 0. The van der Waals surface area contributed by atoms with Gasteiger partial charge in [0.25, 0.3) is 0 Å². The summed E-state index contributed by atoms with van der Waals surface area (Å²) in [7, 11) is 0. The van der Waals surface area contributed by atoms with Gasteiger partial charge in [0.1, 0.15) is 5.60 Å². The average molecular weight is 172 g/mol. The van der Waals surface area contributed by atoms with Crippen molar-refractivity contribution in [2.75, 3.05) is 5.75 Å². The Morgan fingerprint density at radius 1 is 1.64 bits per heavy atom. The Kier molecular flexibility index (Phi) is 1.63. The number of esters is 1. The van der Waals surface area contributed by atoms with Gasteiger partial charge in [0.15, 0.2) is 0 Å². The van der Waals surface area contributed by atoms with Crippen molar-refractivity contribution in [3.8, 4) is 0 Å². The SMILES string of the molecule is CC1SCCC12CCC(=O)O2. The molecular formula is C8H12O2S. The van der Waals surface area contributed by atoms with Crippen LogP contribution >= 0.6 is 11.8 Å². The molecule has 0 bridgehead atoms. The molecule has 2 heterocycles. The molecule has 1 spiro atoms. The molecule has 0 aromatic rings. The maximum Gasteiger partial charge on any atom is 0.306 e. The smallest absolute Gasteiger partial charge is 0.306 e. The molecule has 2 rings (SSSR count). The van der Waals surface area contributed by atoms with Gasteiger partial charge < -0.3 is 4.74 Å². The zero-order valence-electron chi connectivity index (χ0n) is 6.63. The van der Waals surface area contributed by atoms with Crippen LogP contribution in [0.4, 0.5) is 0 Å². The van der Waals surface area contributed by atoms with Crippen LogP contribution in [0.5, 0.6) is 0 Å². The van der Waals surface area contributed by atoms with Gasteiger partial charge in [0, 0.05) is 11.7 Å². The van der Waals surface area contributed by atoms with E-state index in [1.165, 1.54) is 0 Å². The predicted molar refractivity (Wildman–Crippen MR) is 44.6 cm³/mol. The lowest BCUT2D eigenvalue weighted by atomic mass is 9.94. The summed E-state index contributed by atoms with van der Waals surface area (Å²) in [4.78, 5) is 10.9. The van der Waals surface area contributed by atoms with Gasteiger partial charge in [-0.05, 0) is 25.5 Å². The highest BCUT2D eigenvalue weighted by Crippen LogP contribution is 2.44. The lowest BCUT2D eigenvalue weighted by Crippen LogP contribution is -2.33. The van der Waals surface area contributed by atoms with E-state index >= 15 is 0 Å². The summed E-state index contributed by atoms with van der Waals surface area (Å²) in [6.45, 7) is 2.16. The summed E-state index contributed by atoms with van der Waals surface area (Å²) in [6.07, 6.45) is 2.63. The van der Waals surface area contributed by atoms with Gasteiger partial charge in [-0.3, -0.25) is 4.79 Å². The Labute approximate surface area is 70.7 Å². The van der Waals surface area contributed by atoms with Crippen LogP contribution in [-0.4, -0.2) is 22.6 Å². The van der Waals surface area contributed by atoms with Gasteiger partial charge in [0.05, 0.1) is 0 Å². The zero-order chi connectivity index (χ0) is 7.90. The van der Waals surface area contributed by atoms with E-state index in [2.05, 4.69) is 6.92 Å². The molecule has 0 amide bonds. The minimum atomic E-state index is -0.0677. The van der Waals surface area contributed by atoms with Gasteiger partial charge in [-0.2, -0.15) is 11.8 Å². The van der Waals surface area contributed by atoms with Crippen LogP contribution in [0.2, 0.25) is 0 Å². The third-order valence-corrected chi connectivity index (χ3v) is 4.07. The Bertz CT molecular complexity index is 193. The predicted octanol–water partition coefficient (Wildman–Crippen LogP) is 1.59. The summed E-state index contributed by atoms with van der Waals surface area (Å²) in [5.74, 6) is 1.15. The first-order valence-corrected chi connectivity index (χ1v) is 5.11. The van der Waals surface area contributed by atoms with Gasteiger partial charge in [-0.1, -0.05) is 0 Å². The normalized spacial score (nSPS) is 43.4. The third-order valence-electron chi connectivity index (χ3n) is 2.70. The first kappa shape index (κ1) is 7.47. The lowest BCUT2D eigenvalue weighted by molar-refractivity contribution is -0.147. The molecule has 0 aromatic heterocycles. The largest absolute Gasteiger partial charge is 0.458 e. The van der Waals surface area contributed by atoms with Crippen molar-refractivity contribution in [1.29, 1.82) is 0 Å². The van der Waals surface area contributed by atoms with Crippen LogP contribution in [0, 0.1) is 0 Å². The zero-order valence-corrected chi connectivity index (χ0v) is 7.45. The maximum atomic E-state index is 10.9. The van der Waals surface area contributed by atoms with E-state index in [1.807, 2.05) is 11.8 Å². The fourth-order valence-corrected chi connectivity index (χ4v) is 3.27. The number of rotatable bonds is 0. The highest BCUT2D eigenvalue weighted by atomic mass is 32.2. The Hall–Kier alpha value is -0.180. The van der Waals surface area contributed by atoms with E-state index < -0.39 is 0 Å². The number of ether oxygens (including phenoxy) is 1. The first-order valence-electron chi connectivity index (χ1n) is 4.06. The molecule has 2 saturated heterocycles. The summed E-state index contributed by atoms with van der Waals surface area (Å²) in [5.41, 5.74) is -0.0677. The molecule has 0 aromatic carbocycles. The van der Waals surface area contributed by atoms with E-state index in [-0.39, 0.29) is 11.6 Å². The van der Waals surface area contributed by atoms with Gasteiger partial charge >= 0.3 is 5.97 Å². The summed E-state index contributed by atoms with van der Waals surface area (Å²) >= 11 is 1.92. The number of thioether (sulfide) groups is 1. The van der Waals surface area contributed by atoms with Crippen molar-refractivity contribution in [2.45, 2.75) is 37.0 Å². The van der Waals surface area contributed by atoms with E-state index in [0.717, 1.165) is 18.6 Å². The Morgan fingerprint density at radius 2 is 2.45 bits per heavy atom. The molecule has 2 nitrogen and oxygen atoms in total. The lowest BCUT2D eigenvalue weighted by Gasteiger charge is -2.25. The van der Waals surface area contributed by atoms with E-state index in [1.54, 1.807) is 0 Å². The second-order valence-electron chi connectivity index (χ2n) is 3.30. The maximum absolute atomic E-state index is 10.9.